The number of carbonyl (C=O) groups is 2. The van der Waals surface area contributed by atoms with Gasteiger partial charge in [-0.3, -0.25) is 4.79 Å². The molecule has 0 radical (unpaired) electrons. The Kier molecular flexibility index (Phi) is 7.71. The highest BCUT2D eigenvalue weighted by molar-refractivity contribution is 5.75. The Labute approximate surface area is 144 Å². The number of aliphatic carboxylic acids is 1. The molecule has 2 unspecified atom stereocenters. The Morgan fingerprint density at radius 3 is 2.21 bits per heavy atom. The van der Waals surface area contributed by atoms with E-state index in [9.17, 15) is 9.59 Å². The first-order valence-electron chi connectivity index (χ1n) is 8.23. The number of rotatable bonds is 8. The van der Waals surface area contributed by atoms with Gasteiger partial charge in [0.2, 0.25) is 0 Å². The number of amides is 2. The van der Waals surface area contributed by atoms with E-state index in [-0.39, 0.29) is 18.6 Å². The minimum Gasteiger partial charge on any atom is -0.481 e. The third kappa shape index (κ3) is 5.85. The number of nitrogens with one attached hydrogen (secondary N) is 1. The van der Waals surface area contributed by atoms with Gasteiger partial charge >= 0.3 is 12.0 Å². The summed E-state index contributed by atoms with van der Waals surface area (Å²) in [6, 6.07) is 8.19. The highest BCUT2D eigenvalue weighted by Crippen LogP contribution is 2.18. The van der Waals surface area contributed by atoms with Crippen LogP contribution in [0.4, 0.5) is 4.79 Å². The van der Waals surface area contributed by atoms with Gasteiger partial charge in [0.25, 0.3) is 0 Å². The smallest absolute Gasteiger partial charge is 0.317 e. The second-order valence-corrected chi connectivity index (χ2v) is 6.38. The maximum atomic E-state index is 12.2. The van der Waals surface area contributed by atoms with E-state index in [1.807, 2.05) is 14.1 Å². The van der Waals surface area contributed by atoms with E-state index in [0.717, 1.165) is 12.0 Å². The van der Waals surface area contributed by atoms with Crippen molar-refractivity contribution >= 4 is 12.0 Å². The molecule has 24 heavy (non-hydrogen) atoms. The lowest BCUT2D eigenvalue weighted by molar-refractivity contribution is -0.141. The molecular weight excluding hydrogens is 306 g/mol. The van der Waals surface area contributed by atoms with Gasteiger partial charge in [0.15, 0.2) is 0 Å². The first-order valence-corrected chi connectivity index (χ1v) is 8.23. The molecule has 0 bridgehead atoms. The first-order chi connectivity index (χ1) is 11.3. The molecule has 0 heterocycles. The Bertz CT molecular complexity index is 543. The van der Waals surface area contributed by atoms with E-state index in [2.05, 4.69) is 41.4 Å². The van der Waals surface area contributed by atoms with E-state index < -0.39 is 11.9 Å². The molecule has 0 aliphatic rings. The second kappa shape index (κ2) is 9.27. The molecule has 0 aliphatic heterocycles. The summed E-state index contributed by atoms with van der Waals surface area (Å²) >= 11 is 0. The highest BCUT2D eigenvalue weighted by atomic mass is 16.4. The van der Waals surface area contributed by atoms with E-state index >= 15 is 0 Å². The quantitative estimate of drug-likeness (QED) is 0.764. The molecule has 0 fully saturated rings. The van der Waals surface area contributed by atoms with E-state index in [1.54, 1.807) is 14.0 Å². The van der Waals surface area contributed by atoms with E-state index in [1.165, 1.54) is 10.5 Å². The predicted octanol–water partition coefficient (Wildman–Crippen LogP) is 2.21. The van der Waals surface area contributed by atoms with Gasteiger partial charge in [0.05, 0.1) is 12.0 Å². The van der Waals surface area contributed by atoms with Gasteiger partial charge in [-0.25, -0.2) is 4.79 Å². The van der Waals surface area contributed by atoms with Crippen molar-refractivity contribution in [2.24, 2.45) is 5.92 Å². The summed E-state index contributed by atoms with van der Waals surface area (Å²) in [4.78, 5) is 26.5. The Morgan fingerprint density at radius 1 is 1.17 bits per heavy atom. The molecule has 2 N–H and O–H groups in total. The minimum absolute atomic E-state index is 0.0603. The number of nitrogens with zero attached hydrogens (tertiary/aromatic N) is 2. The zero-order valence-electron chi connectivity index (χ0n) is 15.2. The van der Waals surface area contributed by atoms with Crippen LogP contribution in [0.2, 0.25) is 0 Å². The molecule has 6 heteroatoms. The van der Waals surface area contributed by atoms with Gasteiger partial charge in [-0.05, 0) is 31.6 Å². The molecule has 6 nitrogen and oxygen atoms in total. The molecular formula is C18H29N3O3. The van der Waals surface area contributed by atoms with E-state index in [4.69, 9.17) is 5.11 Å². The lowest BCUT2D eigenvalue weighted by atomic mass is 10.0. The first kappa shape index (κ1) is 20.0. The number of hydrogen-bond donors (Lipinski definition) is 2. The van der Waals surface area contributed by atoms with Crippen LogP contribution in [0.1, 0.15) is 31.0 Å². The Balaban J connectivity index is 2.65. The summed E-state index contributed by atoms with van der Waals surface area (Å²) < 4.78 is 0. The van der Waals surface area contributed by atoms with Crippen molar-refractivity contribution in [2.75, 3.05) is 34.2 Å². The van der Waals surface area contributed by atoms with Gasteiger partial charge in [-0.1, -0.05) is 38.1 Å². The van der Waals surface area contributed by atoms with Gasteiger partial charge in [0.1, 0.15) is 0 Å². The zero-order valence-corrected chi connectivity index (χ0v) is 15.2. The van der Waals surface area contributed by atoms with Crippen LogP contribution in [-0.2, 0) is 11.2 Å². The largest absolute Gasteiger partial charge is 0.481 e. The summed E-state index contributed by atoms with van der Waals surface area (Å²) in [7, 11) is 5.55. The summed E-state index contributed by atoms with van der Waals surface area (Å²) in [5, 5.41) is 11.8. The van der Waals surface area contributed by atoms with Crippen molar-refractivity contribution in [3.05, 3.63) is 35.4 Å². The molecule has 1 aromatic rings. The number of urea groups is 1. The van der Waals surface area contributed by atoms with Crippen LogP contribution in [0.3, 0.4) is 0 Å². The van der Waals surface area contributed by atoms with Gasteiger partial charge in [-0.2, -0.15) is 0 Å². The molecule has 1 rings (SSSR count). The number of carbonyl (C=O) groups excluding carboxylic acids is 1. The van der Waals surface area contributed by atoms with Crippen molar-refractivity contribution in [3.63, 3.8) is 0 Å². The predicted molar refractivity (Wildman–Crippen MR) is 95.1 cm³/mol. The van der Waals surface area contributed by atoms with Crippen LogP contribution < -0.4 is 5.32 Å². The molecule has 134 valence electrons. The highest BCUT2D eigenvalue weighted by Gasteiger charge is 2.19. The van der Waals surface area contributed by atoms with Crippen LogP contribution in [0.5, 0.6) is 0 Å². The van der Waals surface area contributed by atoms with E-state index in [0.29, 0.717) is 6.54 Å². The zero-order chi connectivity index (χ0) is 18.3. The lowest BCUT2D eigenvalue weighted by Crippen LogP contribution is -2.43. The minimum atomic E-state index is -0.906. The number of carboxylic acids is 1. The fourth-order valence-corrected chi connectivity index (χ4v) is 2.46. The summed E-state index contributed by atoms with van der Waals surface area (Å²) in [6.45, 7) is 4.35. The summed E-state index contributed by atoms with van der Waals surface area (Å²) in [5.41, 5.74) is 2.42. The molecule has 0 spiro atoms. The topological polar surface area (TPSA) is 72.9 Å². The average Bonchev–Trinajstić information content (AvgIpc) is 2.54. The van der Waals surface area contributed by atoms with Crippen LogP contribution in [0.15, 0.2) is 24.3 Å². The van der Waals surface area contributed by atoms with Crippen molar-refractivity contribution < 1.29 is 14.7 Å². The van der Waals surface area contributed by atoms with Crippen LogP contribution in [0.25, 0.3) is 0 Å². The standard InChI is InChI=1S/C18H29N3O3/c1-6-14-7-9-15(10-8-14)16(20(3)4)11-19-18(24)21(5)12-13(2)17(22)23/h7-10,13,16H,6,11-12H2,1-5H3,(H,19,24)(H,22,23). The number of benzene rings is 1. The molecule has 0 aromatic heterocycles. The van der Waals surface area contributed by atoms with Gasteiger partial charge in [0, 0.05) is 20.1 Å². The third-order valence-corrected chi connectivity index (χ3v) is 4.16. The lowest BCUT2D eigenvalue weighted by Gasteiger charge is -2.27. The SMILES string of the molecule is CCc1ccc(C(CNC(=O)N(C)CC(C)C(=O)O)N(C)C)cc1. The number of hydrogen-bond acceptors (Lipinski definition) is 3. The second-order valence-electron chi connectivity index (χ2n) is 6.38. The maximum Gasteiger partial charge on any atom is 0.317 e. The molecule has 0 aliphatic carbocycles. The fourth-order valence-electron chi connectivity index (χ4n) is 2.46. The van der Waals surface area contributed by atoms with Crippen molar-refractivity contribution in [3.8, 4) is 0 Å². The Morgan fingerprint density at radius 2 is 1.75 bits per heavy atom. The van der Waals surface area contributed by atoms with Crippen LogP contribution in [0, 0.1) is 5.92 Å². The van der Waals surface area contributed by atoms with Crippen LogP contribution in [-0.4, -0.2) is 61.1 Å². The number of likely N-dealkylation sites (N-methyl/N-ethyl adjacent to an activating group) is 1. The third-order valence-electron chi connectivity index (χ3n) is 4.16. The fraction of sp³-hybridized carbons (Fsp3) is 0.556. The normalized spacial score (nSPS) is 13.4. The van der Waals surface area contributed by atoms with Gasteiger partial charge < -0.3 is 20.2 Å². The molecule has 1 aromatic carbocycles. The van der Waals surface area contributed by atoms with Crippen LogP contribution >= 0.6 is 0 Å². The maximum absolute atomic E-state index is 12.2. The number of aryl methyl sites for hydroxylation is 1. The number of carboxylic acid groups (broad SMARTS) is 1. The molecule has 2 atom stereocenters. The summed E-state index contributed by atoms with van der Waals surface area (Å²) in [6.07, 6.45) is 0.996. The van der Waals surface area contributed by atoms with Crippen molar-refractivity contribution in [2.45, 2.75) is 26.3 Å². The molecule has 2 amide bonds. The molecule has 0 saturated carbocycles. The van der Waals surface area contributed by atoms with Crippen molar-refractivity contribution in [1.29, 1.82) is 0 Å². The average molecular weight is 335 g/mol. The van der Waals surface area contributed by atoms with Crippen molar-refractivity contribution in [1.82, 2.24) is 15.1 Å². The monoisotopic (exact) mass is 335 g/mol. The molecule has 0 saturated heterocycles. The van der Waals surface area contributed by atoms with Gasteiger partial charge in [-0.15, -0.1) is 0 Å². The Hall–Kier alpha value is -2.08. The summed E-state index contributed by atoms with van der Waals surface area (Å²) in [5.74, 6) is -1.50.